The molecule has 0 bridgehead atoms. The first-order valence-electron chi connectivity index (χ1n) is 4.03. The van der Waals surface area contributed by atoms with Gasteiger partial charge in [0, 0.05) is 0 Å². The van der Waals surface area contributed by atoms with Gasteiger partial charge in [-0.15, -0.1) is 0 Å². The molecule has 0 fully saturated rings. The number of aliphatic hydroxyl groups excluding tert-OH is 4. The quantitative estimate of drug-likeness (QED) is 0.328. The second kappa shape index (κ2) is 6.38. The van der Waals surface area contributed by atoms with Crippen molar-refractivity contribution < 1.29 is 44.1 Å². The summed E-state index contributed by atoms with van der Waals surface area (Å²) in [7, 11) is -5.35. The van der Waals surface area contributed by atoms with Crippen LogP contribution in [0, 0.1) is 0 Å². The number of phosphoric ester groups is 1. The smallest absolute Gasteiger partial charge is 0.189 e. The van der Waals surface area contributed by atoms with Crippen molar-refractivity contribution >= 4 is 13.6 Å². The summed E-state index contributed by atoms with van der Waals surface area (Å²) in [6.45, 7) is -2.16. The zero-order valence-electron chi connectivity index (χ0n) is 7.92. The Kier molecular flexibility index (Phi) is 6.23. The van der Waals surface area contributed by atoms with E-state index in [0.717, 1.165) is 0 Å². The maximum atomic E-state index is 10.9. The minimum Gasteiger partial charge on any atom is -0.790 e. The normalized spacial score (nSPS) is 17.9. The second-order valence-electron chi connectivity index (χ2n) is 2.87. The van der Waals surface area contributed by atoms with Gasteiger partial charge in [-0.25, -0.2) is 0 Å². The number of phosphoric acid groups is 1. The fourth-order valence-corrected chi connectivity index (χ4v) is 1.02. The molecule has 0 aliphatic heterocycles. The van der Waals surface area contributed by atoms with Gasteiger partial charge in [-0.2, -0.15) is 0 Å². The summed E-state index contributed by atoms with van der Waals surface area (Å²) in [5.74, 6) is -1.31. The van der Waals surface area contributed by atoms with Crippen molar-refractivity contribution in [1.82, 2.24) is 0 Å². The summed E-state index contributed by atoms with van der Waals surface area (Å²) in [4.78, 5) is 30.9. The van der Waals surface area contributed by atoms with Crippen LogP contribution in [0.1, 0.15) is 0 Å². The van der Waals surface area contributed by atoms with E-state index in [4.69, 9.17) is 20.4 Å². The highest BCUT2D eigenvalue weighted by atomic mass is 31.2. The lowest BCUT2D eigenvalue weighted by Crippen LogP contribution is -2.45. The molecule has 0 amide bonds. The van der Waals surface area contributed by atoms with Crippen LogP contribution in [-0.2, 0) is 13.9 Å². The van der Waals surface area contributed by atoms with Crippen molar-refractivity contribution in [2.75, 3.05) is 13.2 Å². The molecular weight excluding hydrogens is 247 g/mol. The number of carbonyl (C=O) groups is 1. The first kappa shape index (κ1) is 15.6. The highest BCUT2D eigenvalue weighted by Gasteiger charge is 2.29. The van der Waals surface area contributed by atoms with E-state index in [0.29, 0.717) is 0 Å². The van der Waals surface area contributed by atoms with E-state index >= 15 is 0 Å². The fourth-order valence-electron chi connectivity index (χ4n) is 0.737. The number of hydrogen-bond acceptors (Lipinski definition) is 9. The first-order chi connectivity index (χ1) is 7.19. The summed E-state index contributed by atoms with van der Waals surface area (Å²) in [6.07, 6.45) is -5.93. The molecule has 0 aliphatic carbocycles. The molecule has 0 aromatic heterocycles. The van der Waals surface area contributed by atoms with Crippen molar-refractivity contribution in [2.24, 2.45) is 0 Å². The Morgan fingerprint density at radius 1 is 1.31 bits per heavy atom. The lowest BCUT2D eigenvalue weighted by Gasteiger charge is -2.29. The van der Waals surface area contributed by atoms with Crippen LogP contribution in [0.25, 0.3) is 0 Å². The third kappa shape index (κ3) is 5.64. The predicted octanol–water partition coefficient (Wildman–Crippen LogP) is -4.52. The van der Waals surface area contributed by atoms with E-state index in [1.54, 1.807) is 0 Å². The van der Waals surface area contributed by atoms with E-state index in [9.17, 15) is 19.1 Å². The van der Waals surface area contributed by atoms with Gasteiger partial charge >= 0.3 is 0 Å². The molecule has 0 aromatic rings. The Morgan fingerprint density at radius 2 is 1.81 bits per heavy atom. The molecule has 0 rings (SSSR count). The minimum absolute atomic E-state index is 0.909. The van der Waals surface area contributed by atoms with Crippen molar-refractivity contribution in [2.45, 2.75) is 18.3 Å². The lowest BCUT2D eigenvalue weighted by molar-refractivity contribution is -0.341. The third-order valence-electron chi connectivity index (χ3n) is 1.60. The largest absolute Gasteiger partial charge is 0.790 e. The Morgan fingerprint density at radius 3 is 2.19 bits per heavy atom. The van der Waals surface area contributed by atoms with Gasteiger partial charge in [0.25, 0.3) is 0 Å². The van der Waals surface area contributed by atoms with Crippen LogP contribution in [0.15, 0.2) is 0 Å². The van der Waals surface area contributed by atoms with E-state index in [1.807, 2.05) is 0 Å². The second-order valence-corrected chi connectivity index (χ2v) is 4.02. The van der Waals surface area contributed by atoms with E-state index in [-0.39, 0.29) is 0 Å². The maximum absolute atomic E-state index is 10.9. The number of Topliss-reactive ketones (excluding diaryl/α,β-unsaturated/α-hetero) is 1. The molecule has 16 heavy (non-hydrogen) atoms. The molecular formula is C6H11O9P-2. The molecule has 0 radical (unpaired) electrons. The zero-order valence-corrected chi connectivity index (χ0v) is 8.82. The van der Waals surface area contributed by atoms with Gasteiger partial charge in [0.05, 0.1) is 14.4 Å². The van der Waals surface area contributed by atoms with Crippen molar-refractivity contribution in [1.29, 1.82) is 0 Å². The summed E-state index contributed by atoms with van der Waals surface area (Å²) in [6, 6.07) is 0. The maximum Gasteiger partial charge on any atom is 0.189 e. The monoisotopic (exact) mass is 258 g/mol. The van der Waals surface area contributed by atoms with Crippen LogP contribution in [0.2, 0.25) is 0 Å². The number of carbonyl (C=O) groups excluding carboxylic acids is 1. The van der Waals surface area contributed by atoms with Crippen LogP contribution >= 0.6 is 7.82 Å². The lowest BCUT2D eigenvalue weighted by atomic mass is 10.1. The molecule has 0 saturated heterocycles. The predicted molar refractivity (Wildman–Crippen MR) is 43.7 cm³/mol. The number of rotatable bonds is 7. The number of hydrogen-bond donors (Lipinski definition) is 4. The van der Waals surface area contributed by atoms with Gasteiger partial charge in [-0.3, -0.25) is 4.79 Å². The molecule has 0 aromatic carbocycles. The van der Waals surface area contributed by atoms with E-state index in [1.165, 1.54) is 0 Å². The summed E-state index contributed by atoms with van der Waals surface area (Å²) in [5.41, 5.74) is 0. The first-order valence-corrected chi connectivity index (χ1v) is 5.49. The Hall–Kier alpha value is -0.380. The SMILES string of the molecule is O=C(COP(=O)([O-])[O-])[C@@H](O)[C@H](O)[C@H](O)CO. The highest BCUT2D eigenvalue weighted by molar-refractivity contribution is 7.43. The van der Waals surface area contributed by atoms with Crippen LogP contribution in [0.5, 0.6) is 0 Å². The zero-order chi connectivity index (χ0) is 12.9. The molecule has 4 N–H and O–H groups in total. The topological polar surface area (TPSA) is 170 Å². The molecule has 3 atom stereocenters. The van der Waals surface area contributed by atoms with Gasteiger partial charge in [-0.05, 0) is 0 Å². The number of ketones is 1. The van der Waals surface area contributed by atoms with Crippen LogP contribution in [-0.4, -0.2) is 57.7 Å². The molecule has 96 valence electrons. The number of aliphatic hydroxyl groups is 4. The molecule has 0 heterocycles. The van der Waals surface area contributed by atoms with Gasteiger partial charge in [0.2, 0.25) is 0 Å². The molecule has 0 unspecified atom stereocenters. The van der Waals surface area contributed by atoms with Crippen LogP contribution < -0.4 is 9.79 Å². The van der Waals surface area contributed by atoms with Gasteiger partial charge < -0.3 is 39.3 Å². The summed E-state index contributed by atoms with van der Waals surface area (Å²) in [5, 5.41) is 35.3. The molecule has 9 nitrogen and oxygen atoms in total. The Balaban J connectivity index is 4.23. The van der Waals surface area contributed by atoms with Crippen molar-refractivity contribution in [3.63, 3.8) is 0 Å². The summed E-state index contributed by atoms with van der Waals surface area (Å²) >= 11 is 0. The third-order valence-corrected chi connectivity index (χ3v) is 2.04. The van der Waals surface area contributed by atoms with Gasteiger partial charge in [-0.1, -0.05) is 0 Å². The average Bonchev–Trinajstić information content (AvgIpc) is 2.21. The molecule has 0 saturated carbocycles. The van der Waals surface area contributed by atoms with Gasteiger partial charge in [0.15, 0.2) is 5.78 Å². The standard InChI is InChI=1S/C6H13O9P/c7-1-3(8)5(10)6(11)4(9)2-15-16(12,13)14/h3,5-8,10-11H,1-2H2,(H2,12,13,14)/p-2/t3-,5-,6-/m1/s1. The Bertz CT molecular complexity index is 273. The van der Waals surface area contributed by atoms with Crippen LogP contribution in [0.3, 0.4) is 0 Å². The molecule has 0 aliphatic rings. The summed E-state index contributed by atoms with van der Waals surface area (Å²) < 4.78 is 13.5. The fraction of sp³-hybridized carbons (Fsp3) is 0.833. The average molecular weight is 258 g/mol. The Labute approximate surface area is 90.2 Å². The van der Waals surface area contributed by atoms with Crippen LogP contribution in [0.4, 0.5) is 0 Å². The molecule has 0 spiro atoms. The molecule has 10 heteroatoms. The van der Waals surface area contributed by atoms with Crippen molar-refractivity contribution in [3.8, 4) is 0 Å². The van der Waals surface area contributed by atoms with Crippen molar-refractivity contribution in [3.05, 3.63) is 0 Å². The van der Waals surface area contributed by atoms with Gasteiger partial charge in [0.1, 0.15) is 24.9 Å². The van der Waals surface area contributed by atoms with E-state index in [2.05, 4.69) is 4.52 Å². The highest BCUT2D eigenvalue weighted by Crippen LogP contribution is 2.24. The van der Waals surface area contributed by atoms with E-state index < -0.39 is 45.1 Å². The minimum atomic E-state index is -5.35.